The maximum atomic E-state index is 13.5. The smallest absolute Gasteiger partial charge is 0.268 e. The molecule has 0 aliphatic carbocycles. The Morgan fingerprint density at radius 1 is 1.10 bits per heavy atom. The van der Waals surface area contributed by atoms with Gasteiger partial charge in [0.15, 0.2) is 5.16 Å². The Kier molecular flexibility index (Phi) is 5.62. The first kappa shape index (κ1) is 20.2. The molecule has 0 atom stereocenters. The van der Waals surface area contributed by atoms with Gasteiger partial charge in [0.1, 0.15) is 16.5 Å². The average Bonchev–Trinajstić information content (AvgIpc) is 3.18. The van der Waals surface area contributed by atoms with Gasteiger partial charge in [-0.25, -0.2) is 19.2 Å². The lowest BCUT2D eigenvalue weighted by Gasteiger charge is -2.12. The fraction of sp³-hybridized carbons (Fsp3) is 0.0500. The standard InChI is InChI=1S/C20H13F2N3O3S2/c21-12-3-1-11(2-4-12)15-9-29-18-17(15)19(27)25(14-7-5-13(22)6-8-14)20(23-18)30-10-16(26)24-28/h1-9,28H,10H2,(H,24,26). The minimum Gasteiger partial charge on any atom is -0.289 e. The molecular formula is C20H13F2N3O3S2. The number of hydrogen-bond acceptors (Lipinski definition) is 6. The van der Waals surface area contributed by atoms with Crippen molar-refractivity contribution in [3.8, 4) is 16.8 Å². The van der Waals surface area contributed by atoms with Crippen molar-refractivity contribution in [2.24, 2.45) is 0 Å². The van der Waals surface area contributed by atoms with Gasteiger partial charge < -0.3 is 0 Å². The molecule has 152 valence electrons. The number of carbonyl (C=O) groups is 1. The summed E-state index contributed by atoms with van der Waals surface area (Å²) in [5.41, 5.74) is 2.77. The van der Waals surface area contributed by atoms with Crippen LogP contribution < -0.4 is 11.0 Å². The van der Waals surface area contributed by atoms with Crippen molar-refractivity contribution in [2.45, 2.75) is 5.16 Å². The molecule has 2 aromatic heterocycles. The van der Waals surface area contributed by atoms with E-state index in [2.05, 4.69) is 4.98 Å². The van der Waals surface area contributed by atoms with Crippen molar-refractivity contribution in [3.05, 3.63) is 75.9 Å². The van der Waals surface area contributed by atoms with E-state index in [1.165, 1.54) is 57.8 Å². The van der Waals surface area contributed by atoms with E-state index in [0.29, 0.717) is 27.0 Å². The molecule has 0 aliphatic rings. The number of benzene rings is 2. The largest absolute Gasteiger partial charge is 0.289 e. The lowest BCUT2D eigenvalue weighted by atomic mass is 10.1. The number of thiophene rings is 1. The number of nitrogens with one attached hydrogen (secondary N) is 1. The van der Waals surface area contributed by atoms with E-state index in [1.54, 1.807) is 17.5 Å². The number of rotatable bonds is 5. The Balaban J connectivity index is 1.93. The van der Waals surface area contributed by atoms with Crippen LogP contribution in [-0.4, -0.2) is 26.4 Å². The highest BCUT2D eigenvalue weighted by atomic mass is 32.2. The van der Waals surface area contributed by atoms with E-state index < -0.39 is 17.3 Å². The maximum Gasteiger partial charge on any atom is 0.268 e. The number of halogens is 2. The molecule has 0 saturated carbocycles. The van der Waals surface area contributed by atoms with Crippen molar-refractivity contribution >= 4 is 39.2 Å². The molecule has 2 aromatic carbocycles. The summed E-state index contributed by atoms with van der Waals surface area (Å²) in [5, 5.41) is 11.1. The molecule has 10 heteroatoms. The van der Waals surface area contributed by atoms with Gasteiger partial charge in [-0.3, -0.25) is 19.4 Å². The second-order valence-corrected chi connectivity index (χ2v) is 7.97. The summed E-state index contributed by atoms with van der Waals surface area (Å²) in [7, 11) is 0. The molecule has 30 heavy (non-hydrogen) atoms. The van der Waals surface area contributed by atoms with Crippen LogP contribution in [0.1, 0.15) is 0 Å². The second kappa shape index (κ2) is 8.34. The molecule has 4 aromatic rings. The first-order valence-corrected chi connectivity index (χ1v) is 10.5. The molecule has 2 N–H and O–H groups in total. The monoisotopic (exact) mass is 445 g/mol. The summed E-state index contributed by atoms with van der Waals surface area (Å²) in [6.45, 7) is 0. The van der Waals surface area contributed by atoms with E-state index in [4.69, 9.17) is 5.21 Å². The second-order valence-electron chi connectivity index (χ2n) is 6.17. The minimum absolute atomic E-state index is 0.175. The van der Waals surface area contributed by atoms with Gasteiger partial charge in [0.05, 0.1) is 16.8 Å². The van der Waals surface area contributed by atoms with Crippen molar-refractivity contribution in [1.29, 1.82) is 0 Å². The van der Waals surface area contributed by atoms with Crippen molar-refractivity contribution in [1.82, 2.24) is 15.0 Å². The van der Waals surface area contributed by atoms with Gasteiger partial charge in [-0.15, -0.1) is 11.3 Å². The Bertz CT molecular complexity index is 1290. The zero-order chi connectivity index (χ0) is 21.3. The summed E-state index contributed by atoms with van der Waals surface area (Å²) in [4.78, 5) is 29.9. The Labute approximate surface area is 176 Å². The molecule has 2 heterocycles. The third kappa shape index (κ3) is 3.84. The zero-order valence-corrected chi connectivity index (χ0v) is 16.8. The molecular weight excluding hydrogens is 432 g/mol. The molecule has 0 fully saturated rings. The molecule has 0 radical (unpaired) electrons. The van der Waals surface area contributed by atoms with Gasteiger partial charge in [-0.1, -0.05) is 23.9 Å². The van der Waals surface area contributed by atoms with E-state index in [0.717, 1.165) is 11.8 Å². The Morgan fingerprint density at radius 2 is 1.73 bits per heavy atom. The topological polar surface area (TPSA) is 84.2 Å². The number of hydroxylamine groups is 1. The van der Waals surface area contributed by atoms with Gasteiger partial charge in [-0.05, 0) is 42.0 Å². The van der Waals surface area contributed by atoms with Gasteiger partial charge in [0.25, 0.3) is 11.5 Å². The van der Waals surface area contributed by atoms with Crippen molar-refractivity contribution in [3.63, 3.8) is 0 Å². The highest BCUT2D eigenvalue weighted by Crippen LogP contribution is 2.33. The van der Waals surface area contributed by atoms with Gasteiger partial charge in [0.2, 0.25) is 0 Å². The third-order valence-electron chi connectivity index (χ3n) is 4.27. The molecule has 6 nitrogen and oxygen atoms in total. The van der Waals surface area contributed by atoms with Gasteiger partial charge >= 0.3 is 0 Å². The highest BCUT2D eigenvalue weighted by Gasteiger charge is 2.19. The van der Waals surface area contributed by atoms with Crippen molar-refractivity contribution in [2.75, 3.05) is 5.75 Å². The van der Waals surface area contributed by atoms with E-state index in [-0.39, 0.29) is 16.7 Å². The van der Waals surface area contributed by atoms with E-state index >= 15 is 0 Å². The lowest BCUT2D eigenvalue weighted by molar-refractivity contribution is -0.126. The fourth-order valence-electron chi connectivity index (χ4n) is 2.89. The Hall–Kier alpha value is -3.08. The number of hydrogen-bond donors (Lipinski definition) is 2. The van der Waals surface area contributed by atoms with Gasteiger partial charge in [0, 0.05) is 10.9 Å². The van der Waals surface area contributed by atoms with Crippen LogP contribution >= 0.6 is 23.1 Å². The molecule has 0 spiro atoms. The lowest BCUT2D eigenvalue weighted by Crippen LogP contribution is -2.24. The molecule has 0 unspecified atom stereocenters. The quantitative estimate of drug-likeness (QED) is 0.210. The third-order valence-corrected chi connectivity index (χ3v) is 6.08. The number of thioether (sulfide) groups is 1. The number of nitrogens with zero attached hydrogens (tertiary/aromatic N) is 2. The predicted octanol–water partition coefficient (Wildman–Crippen LogP) is 3.99. The number of amides is 1. The van der Waals surface area contributed by atoms with Crippen molar-refractivity contribution < 1.29 is 18.8 Å². The van der Waals surface area contributed by atoms with Crippen LogP contribution in [0.25, 0.3) is 27.0 Å². The van der Waals surface area contributed by atoms with Crippen LogP contribution in [0.4, 0.5) is 8.78 Å². The highest BCUT2D eigenvalue weighted by molar-refractivity contribution is 7.99. The molecule has 4 rings (SSSR count). The summed E-state index contributed by atoms with van der Waals surface area (Å²) < 4.78 is 28.0. The maximum absolute atomic E-state index is 13.5. The summed E-state index contributed by atoms with van der Waals surface area (Å²) in [5.74, 6) is -1.68. The number of fused-ring (bicyclic) bond motifs is 1. The number of carbonyl (C=O) groups excluding carboxylic acids is 1. The van der Waals surface area contributed by atoms with Crippen LogP contribution in [0, 0.1) is 11.6 Å². The normalized spacial score (nSPS) is 11.0. The average molecular weight is 445 g/mol. The van der Waals surface area contributed by atoms with Crippen LogP contribution in [-0.2, 0) is 4.79 Å². The van der Waals surface area contributed by atoms with Crippen LogP contribution in [0.3, 0.4) is 0 Å². The minimum atomic E-state index is -0.654. The summed E-state index contributed by atoms with van der Waals surface area (Å²) in [6, 6.07) is 11.1. The van der Waals surface area contributed by atoms with Crippen LogP contribution in [0.15, 0.2) is 63.9 Å². The summed E-state index contributed by atoms with van der Waals surface area (Å²) in [6.07, 6.45) is 0. The molecule has 0 bridgehead atoms. The van der Waals surface area contributed by atoms with E-state index in [1.807, 2.05) is 0 Å². The SMILES string of the molecule is O=C(CSc1nc2scc(-c3ccc(F)cc3)c2c(=O)n1-c1ccc(F)cc1)NO. The van der Waals surface area contributed by atoms with Crippen LogP contribution in [0.5, 0.6) is 0 Å². The fourth-order valence-corrected chi connectivity index (χ4v) is 4.68. The summed E-state index contributed by atoms with van der Waals surface area (Å²) >= 11 is 2.20. The van der Waals surface area contributed by atoms with Crippen LogP contribution in [0.2, 0.25) is 0 Å². The first-order chi connectivity index (χ1) is 14.5. The Morgan fingerprint density at radius 3 is 2.37 bits per heavy atom. The molecule has 0 saturated heterocycles. The van der Waals surface area contributed by atoms with E-state index in [9.17, 15) is 18.4 Å². The molecule has 0 aliphatic heterocycles. The van der Waals surface area contributed by atoms with Gasteiger partial charge in [-0.2, -0.15) is 0 Å². The zero-order valence-electron chi connectivity index (χ0n) is 15.1. The predicted molar refractivity (Wildman–Crippen MR) is 111 cm³/mol. The number of aromatic nitrogens is 2. The molecule has 1 amide bonds. The first-order valence-electron chi connectivity index (χ1n) is 8.60.